The van der Waals surface area contributed by atoms with Crippen LogP contribution in [0.4, 0.5) is 10.1 Å². The molecule has 12 nitrogen and oxygen atoms in total. The molecule has 2 heterocycles. The Hall–Kier alpha value is -3.00. The highest BCUT2D eigenvalue weighted by atomic mass is 19.1. The van der Waals surface area contributed by atoms with Gasteiger partial charge in [0.25, 0.3) is 17.7 Å². The molecule has 0 aliphatic carbocycles. The van der Waals surface area contributed by atoms with Crippen molar-refractivity contribution in [1.29, 1.82) is 0 Å². The number of carbonyl (C=O) groups excluding carboxylic acids is 3. The van der Waals surface area contributed by atoms with Gasteiger partial charge in [-0.15, -0.1) is 0 Å². The number of imide groups is 1. The zero-order chi connectivity index (χ0) is 19.8. The molecule has 0 aromatic heterocycles. The predicted molar refractivity (Wildman–Crippen MR) is 75.2 cm³/mol. The highest BCUT2D eigenvalue weighted by molar-refractivity contribution is 6.09. The predicted octanol–water partition coefficient (Wildman–Crippen LogP) is -3.53. The van der Waals surface area contributed by atoms with Crippen molar-refractivity contribution in [2.75, 3.05) is 5.73 Å². The summed E-state index contributed by atoms with van der Waals surface area (Å²) in [5, 5.41) is 61.5. The first-order valence-corrected chi connectivity index (χ1v) is 6.92. The summed E-state index contributed by atoms with van der Waals surface area (Å²) in [5.41, 5.74) is 2.16. The van der Waals surface area contributed by atoms with Crippen molar-refractivity contribution >= 4 is 23.4 Å². The maximum atomic E-state index is 13.8. The molecular weight excluding hydrogens is 361 g/mol. The SMILES string of the molecule is Nc1c(O)c(F)c(O)c2c1C(O)(O)N(C1C(=O)NC(=O)CC1(O)O)C2=O. The van der Waals surface area contributed by atoms with E-state index >= 15 is 0 Å². The van der Waals surface area contributed by atoms with Crippen LogP contribution in [0, 0.1) is 5.82 Å². The van der Waals surface area contributed by atoms with E-state index in [9.17, 15) is 49.4 Å². The molecule has 1 unspecified atom stereocenters. The first kappa shape index (κ1) is 17.8. The average molecular weight is 373 g/mol. The lowest BCUT2D eigenvalue weighted by Crippen LogP contribution is -2.69. The van der Waals surface area contributed by atoms with E-state index in [0.29, 0.717) is 0 Å². The van der Waals surface area contributed by atoms with Gasteiger partial charge in [0.1, 0.15) is 0 Å². The fourth-order valence-corrected chi connectivity index (χ4v) is 3.06. The van der Waals surface area contributed by atoms with Crippen LogP contribution in [0.15, 0.2) is 0 Å². The van der Waals surface area contributed by atoms with Gasteiger partial charge in [0.05, 0.1) is 23.2 Å². The van der Waals surface area contributed by atoms with E-state index in [-0.39, 0.29) is 4.90 Å². The molecule has 26 heavy (non-hydrogen) atoms. The minimum Gasteiger partial charge on any atom is -0.504 e. The summed E-state index contributed by atoms with van der Waals surface area (Å²) < 4.78 is 13.8. The van der Waals surface area contributed by atoms with Gasteiger partial charge in [-0.1, -0.05) is 0 Å². The smallest absolute Gasteiger partial charge is 0.281 e. The van der Waals surface area contributed by atoms with Crippen LogP contribution >= 0.6 is 0 Å². The number of benzene rings is 1. The van der Waals surface area contributed by atoms with Gasteiger partial charge in [-0.3, -0.25) is 24.6 Å². The van der Waals surface area contributed by atoms with E-state index in [4.69, 9.17) is 5.73 Å². The van der Waals surface area contributed by atoms with E-state index < -0.39 is 76.0 Å². The molecule has 1 atom stereocenters. The van der Waals surface area contributed by atoms with E-state index in [1.54, 1.807) is 5.32 Å². The summed E-state index contributed by atoms with van der Waals surface area (Å²) in [7, 11) is 0. The first-order chi connectivity index (χ1) is 11.8. The fourth-order valence-electron chi connectivity index (χ4n) is 3.06. The van der Waals surface area contributed by atoms with Crippen molar-refractivity contribution in [1.82, 2.24) is 10.2 Å². The molecule has 0 radical (unpaired) electrons. The molecule has 0 saturated carbocycles. The van der Waals surface area contributed by atoms with Crippen LogP contribution in [0.5, 0.6) is 11.5 Å². The lowest BCUT2D eigenvalue weighted by atomic mass is 9.96. The van der Waals surface area contributed by atoms with E-state index in [2.05, 4.69) is 0 Å². The zero-order valence-corrected chi connectivity index (χ0v) is 12.6. The number of amides is 3. The van der Waals surface area contributed by atoms with E-state index in [1.165, 1.54) is 0 Å². The number of phenols is 2. The van der Waals surface area contributed by atoms with Crippen LogP contribution in [-0.4, -0.2) is 65.1 Å². The minimum atomic E-state index is -3.56. The van der Waals surface area contributed by atoms with Crippen molar-refractivity contribution in [2.24, 2.45) is 0 Å². The maximum Gasteiger partial charge on any atom is 0.281 e. The van der Waals surface area contributed by atoms with Gasteiger partial charge >= 0.3 is 0 Å². The number of nitrogens with zero attached hydrogens (tertiary/aromatic N) is 1. The number of nitrogens with two attached hydrogens (primary N) is 1. The molecule has 1 aromatic rings. The maximum absolute atomic E-state index is 13.8. The number of aliphatic hydroxyl groups is 4. The minimum absolute atomic E-state index is 0.200. The largest absolute Gasteiger partial charge is 0.504 e. The molecule has 2 aliphatic heterocycles. The molecule has 2 aliphatic rings. The summed E-state index contributed by atoms with van der Waals surface area (Å²) in [6, 6.07) is -2.45. The lowest BCUT2D eigenvalue weighted by Gasteiger charge is -2.42. The summed E-state index contributed by atoms with van der Waals surface area (Å²) >= 11 is 0. The second-order valence-electron chi connectivity index (χ2n) is 5.86. The van der Waals surface area contributed by atoms with Crippen molar-refractivity contribution in [3.05, 3.63) is 16.9 Å². The van der Waals surface area contributed by atoms with Gasteiger partial charge in [0.15, 0.2) is 17.5 Å². The van der Waals surface area contributed by atoms with Gasteiger partial charge in [0.2, 0.25) is 17.5 Å². The Labute approximate surface area is 142 Å². The number of fused-ring (bicyclic) bond motifs is 1. The number of aromatic hydroxyl groups is 2. The summed E-state index contributed by atoms with van der Waals surface area (Å²) in [6.07, 6.45) is -1.11. The number of nitrogens with one attached hydrogen (secondary N) is 1. The molecular formula is C13H12FN3O9. The van der Waals surface area contributed by atoms with Crippen molar-refractivity contribution in [3.63, 3.8) is 0 Å². The van der Waals surface area contributed by atoms with Gasteiger partial charge in [-0.25, -0.2) is 0 Å². The molecule has 3 rings (SSSR count). The van der Waals surface area contributed by atoms with Gasteiger partial charge in [0, 0.05) is 0 Å². The number of rotatable bonds is 1. The van der Waals surface area contributed by atoms with Gasteiger partial charge < -0.3 is 36.4 Å². The Morgan fingerprint density at radius 3 is 2.23 bits per heavy atom. The number of hydrogen-bond acceptors (Lipinski definition) is 10. The second-order valence-corrected chi connectivity index (χ2v) is 5.86. The molecule has 9 N–H and O–H groups in total. The fraction of sp³-hybridized carbons (Fsp3) is 0.308. The molecule has 0 spiro atoms. The van der Waals surface area contributed by atoms with E-state index in [1.807, 2.05) is 0 Å². The van der Waals surface area contributed by atoms with Crippen LogP contribution in [-0.2, 0) is 15.5 Å². The third kappa shape index (κ3) is 2.05. The Morgan fingerprint density at radius 2 is 1.69 bits per heavy atom. The summed E-state index contributed by atoms with van der Waals surface area (Å²) in [4.78, 5) is 35.6. The van der Waals surface area contributed by atoms with Gasteiger partial charge in [-0.2, -0.15) is 4.39 Å². The molecule has 1 aromatic carbocycles. The number of hydrogen-bond donors (Lipinski definition) is 8. The Balaban J connectivity index is 2.25. The van der Waals surface area contributed by atoms with Crippen LogP contribution < -0.4 is 11.1 Å². The number of nitrogen functional groups attached to an aromatic ring is 1. The molecule has 0 bridgehead atoms. The third-order valence-electron chi connectivity index (χ3n) is 4.16. The number of carbonyl (C=O) groups is 3. The van der Waals surface area contributed by atoms with Crippen molar-refractivity contribution < 1.29 is 49.4 Å². The molecule has 1 saturated heterocycles. The van der Waals surface area contributed by atoms with E-state index in [0.717, 1.165) is 0 Å². The number of phenolic OH excluding ortho intramolecular Hbond substituents is 2. The summed E-state index contributed by atoms with van der Waals surface area (Å²) in [6.45, 7) is 0. The van der Waals surface area contributed by atoms with Crippen LogP contribution in [0.1, 0.15) is 22.3 Å². The van der Waals surface area contributed by atoms with Crippen LogP contribution in [0.25, 0.3) is 0 Å². The number of piperidine rings is 1. The highest BCUT2D eigenvalue weighted by Gasteiger charge is 2.62. The first-order valence-electron chi connectivity index (χ1n) is 6.92. The molecule has 140 valence electrons. The average Bonchev–Trinajstić information content (AvgIpc) is 2.69. The van der Waals surface area contributed by atoms with Crippen molar-refractivity contribution in [2.45, 2.75) is 24.2 Å². The second kappa shape index (κ2) is 5.01. The third-order valence-corrected chi connectivity index (χ3v) is 4.16. The number of halogens is 1. The monoisotopic (exact) mass is 373 g/mol. The Morgan fingerprint density at radius 1 is 1.12 bits per heavy atom. The van der Waals surface area contributed by atoms with Crippen LogP contribution in [0.2, 0.25) is 0 Å². The van der Waals surface area contributed by atoms with Gasteiger partial charge in [-0.05, 0) is 0 Å². The Bertz CT molecular complexity index is 882. The number of anilines is 1. The molecule has 1 fully saturated rings. The molecule has 3 amide bonds. The highest BCUT2D eigenvalue weighted by Crippen LogP contribution is 2.50. The van der Waals surface area contributed by atoms with Crippen LogP contribution in [0.3, 0.4) is 0 Å². The topological polar surface area (TPSA) is 214 Å². The Kier molecular flexibility index (Phi) is 3.43. The molecule has 13 heteroatoms. The zero-order valence-electron chi connectivity index (χ0n) is 12.6. The van der Waals surface area contributed by atoms with Crippen molar-refractivity contribution in [3.8, 4) is 11.5 Å². The quantitative estimate of drug-likeness (QED) is 0.0798. The normalized spacial score (nSPS) is 23.8. The standard InChI is InChI=1S/C13H12FN3O9/c14-5-7(19)3-4(6(15)8(5)20)13(25,26)17(11(3)22)9-10(21)16-2(18)1-12(9,23)24/h9,19-20,23-26H,1,15H2,(H,16,18,21). The summed E-state index contributed by atoms with van der Waals surface area (Å²) in [5.74, 6) is -15.6. The lowest BCUT2D eigenvalue weighted by molar-refractivity contribution is -0.296.